The number of carbonyl (C=O) groups excluding carboxylic acids is 1. The quantitative estimate of drug-likeness (QED) is 0.763. The molecule has 1 fully saturated rings. The average molecular weight is 341 g/mol. The third-order valence-electron chi connectivity index (χ3n) is 4.26. The van der Waals surface area contributed by atoms with E-state index in [0.717, 1.165) is 25.9 Å². The van der Waals surface area contributed by atoms with Gasteiger partial charge in [0.1, 0.15) is 5.71 Å². The van der Waals surface area contributed by atoms with E-state index in [1.807, 2.05) is 10.9 Å². The summed E-state index contributed by atoms with van der Waals surface area (Å²) in [4.78, 5) is 16.5. The van der Waals surface area contributed by atoms with Crippen LogP contribution in [0.4, 0.5) is 5.69 Å². The predicted molar refractivity (Wildman–Crippen MR) is 91.5 cm³/mol. The zero-order valence-electron chi connectivity index (χ0n) is 13.6. The molecule has 0 aromatic carbocycles. The molecule has 1 saturated heterocycles. The van der Waals surface area contributed by atoms with Gasteiger partial charge in [-0.2, -0.15) is 5.10 Å². The van der Waals surface area contributed by atoms with Crippen molar-refractivity contribution in [3.8, 4) is 0 Å². The van der Waals surface area contributed by atoms with Crippen molar-refractivity contribution in [2.24, 2.45) is 4.99 Å². The first-order valence-corrected chi connectivity index (χ1v) is 8.28. The van der Waals surface area contributed by atoms with Gasteiger partial charge in [-0.15, -0.1) is 0 Å². The van der Waals surface area contributed by atoms with Crippen molar-refractivity contribution in [2.75, 3.05) is 25.0 Å². The highest BCUT2D eigenvalue weighted by molar-refractivity contribution is 6.06. The Bertz CT molecular complexity index is 814. The fraction of sp³-hybridized carbons (Fsp3) is 0.375. The molecule has 9 nitrogen and oxygen atoms in total. The van der Waals surface area contributed by atoms with Gasteiger partial charge in [0.05, 0.1) is 24.5 Å². The van der Waals surface area contributed by atoms with Crippen molar-refractivity contribution in [2.45, 2.75) is 18.9 Å². The highest BCUT2D eigenvalue weighted by Crippen LogP contribution is 2.20. The topological polar surface area (TPSA) is 109 Å². The second-order valence-corrected chi connectivity index (χ2v) is 5.99. The van der Waals surface area contributed by atoms with Crippen LogP contribution in [0.15, 0.2) is 40.4 Å². The lowest BCUT2D eigenvalue weighted by Crippen LogP contribution is -2.29. The maximum absolute atomic E-state index is 12.3. The summed E-state index contributed by atoms with van der Waals surface area (Å²) in [6.07, 6.45) is 8.96. The summed E-state index contributed by atoms with van der Waals surface area (Å²) < 4.78 is 7.14. The number of amides is 1. The predicted octanol–water partition coefficient (Wildman–Crippen LogP) is 0.911. The van der Waals surface area contributed by atoms with E-state index in [4.69, 9.17) is 4.52 Å². The van der Waals surface area contributed by atoms with Gasteiger partial charge in [0.15, 0.2) is 11.5 Å². The van der Waals surface area contributed by atoms with Crippen LogP contribution in [0.1, 0.15) is 35.1 Å². The average Bonchev–Trinajstić information content (AvgIpc) is 3.33. The molecule has 3 N–H and O–H groups in total. The fourth-order valence-corrected chi connectivity index (χ4v) is 2.92. The van der Waals surface area contributed by atoms with Crippen LogP contribution in [0.25, 0.3) is 0 Å². The number of rotatable bonds is 4. The number of aliphatic imine (C=N–C) groups is 1. The molecule has 4 rings (SSSR count). The van der Waals surface area contributed by atoms with Crippen molar-refractivity contribution in [3.05, 3.63) is 42.3 Å². The minimum atomic E-state index is -0.334. The van der Waals surface area contributed by atoms with Gasteiger partial charge in [-0.25, -0.2) is 0 Å². The smallest absolute Gasteiger partial charge is 0.277 e. The maximum Gasteiger partial charge on any atom is 0.277 e. The van der Waals surface area contributed by atoms with Crippen molar-refractivity contribution in [1.82, 2.24) is 25.6 Å². The normalized spacial score (nSPS) is 17.8. The summed E-state index contributed by atoms with van der Waals surface area (Å²) in [5, 5.41) is 17.4. The second-order valence-electron chi connectivity index (χ2n) is 5.99. The van der Waals surface area contributed by atoms with Gasteiger partial charge in [-0.05, 0) is 25.9 Å². The lowest BCUT2D eigenvalue weighted by Gasteiger charge is -2.22. The van der Waals surface area contributed by atoms with Crippen LogP contribution in [-0.2, 0) is 0 Å². The van der Waals surface area contributed by atoms with Crippen LogP contribution in [0.3, 0.4) is 0 Å². The standard InChI is InChI=1S/C16H19N7O2/c24-16(13-7-15(25-22-13)14-9-18-5-6-19-14)21-11-8-20-23(10-11)12-1-3-17-4-2-12/h5-8,10,12,17-18H,1-4,9H2,(H,21,24). The van der Waals surface area contributed by atoms with Crippen LogP contribution in [-0.4, -0.2) is 46.2 Å². The molecule has 0 atom stereocenters. The maximum atomic E-state index is 12.3. The number of hydrogen-bond donors (Lipinski definition) is 3. The molecule has 0 aliphatic carbocycles. The molecular weight excluding hydrogens is 322 g/mol. The highest BCUT2D eigenvalue weighted by atomic mass is 16.5. The van der Waals surface area contributed by atoms with Gasteiger partial charge >= 0.3 is 0 Å². The highest BCUT2D eigenvalue weighted by Gasteiger charge is 2.19. The number of aromatic nitrogens is 3. The number of anilines is 1. The SMILES string of the molecule is O=C(Nc1cnn(C2CCNCC2)c1)c1cc(C2=NC=CNC2)on1. The first kappa shape index (κ1) is 15.6. The molecule has 0 spiro atoms. The van der Waals surface area contributed by atoms with Crippen molar-refractivity contribution < 1.29 is 9.32 Å². The van der Waals surface area contributed by atoms with Crippen LogP contribution in [0, 0.1) is 0 Å². The van der Waals surface area contributed by atoms with Gasteiger partial charge in [0.25, 0.3) is 5.91 Å². The van der Waals surface area contributed by atoms with E-state index in [1.54, 1.807) is 24.7 Å². The molecule has 0 radical (unpaired) electrons. The molecule has 2 aromatic heterocycles. The Hall–Kier alpha value is -2.94. The Labute approximate surface area is 144 Å². The number of hydrogen-bond acceptors (Lipinski definition) is 7. The zero-order valence-corrected chi connectivity index (χ0v) is 13.6. The minimum Gasteiger partial charge on any atom is -0.384 e. The molecule has 130 valence electrons. The van der Waals surface area contributed by atoms with E-state index in [2.05, 4.69) is 31.2 Å². The van der Waals surface area contributed by atoms with E-state index < -0.39 is 0 Å². The van der Waals surface area contributed by atoms with Gasteiger partial charge in [-0.1, -0.05) is 5.16 Å². The molecular formula is C16H19N7O2. The van der Waals surface area contributed by atoms with Crippen LogP contribution >= 0.6 is 0 Å². The second kappa shape index (κ2) is 6.89. The fourth-order valence-electron chi connectivity index (χ4n) is 2.92. The third kappa shape index (κ3) is 3.45. The molecule has 4 heterocycles. The van der Waals surface area contributed by atoms with Crippen molar-refractivity contribution in [1.29, 1.82) is 0 Å². The molecule has 9 heteroatoms. The summed E-state index contributed by atoms with van der Waals surface area (Å²) in [5.41, 5.74) is 1.56. The van der Waals surface area contributed by atoms with E-state index in [9.17, 15) is 4.79 Å². The Balaban J connectivity index is 1.42. The third-order valence-corrected chi connectivity index (χ3v) is 4.26. The Morgan fingerprint density at radius 1 is 1.36 bits per heavy atom. The number of piperidine rings is 1. The number of carbonyl (C=O) groups is 1. The first-order valence-electron chi connectivity index (χ1n) is 8.28. The van der Waals surface area contributed by atoms with E-state index >= 15 is 0 Å². The van der Waals surface area contributed by atoms with Crippen LogP contribution in [0.2, 0.25) is 0 Å². The molecule has 25 heavy (non-hydrogen) atoms. The molecule has 2 aliphatic rings. The Morgan fingerprint density at radius 3 is 3.04 bits per heavy atom. The molecule has 0 bridgehead atoms. The van der Waals surface area contributed by atoms with E-state index in [1.165, 1.54) is 0 Å². The monoisotopic (exact) mass is 341 g/mol. The number of nitrogens with zero attached hydrogens (tertiary/aromatic N) is 4. The molecule has 0 saturated carbocycles. The molecule has 2 aromatic rings. The summed E-state index contributed by atoms with van der Waals surface area (Å²) >= 11 is 0. The Morgan fingerprint density at radius 2 is 2.24 bits per heavy atom. The zero-order chi connectivity index (χ0) is 17.1. The molecule has 1 amide bonds. The van der Waals surface area contributed by atoms with Crippen LogP contribution < -0.4 is 16.0 Å². The summed E-state index contributed by atoms with van der Waals surface area (Å²) in [7, 11) is 0. The molecule has 0 unspecified atom stereocenters. The van der Waals surface area contributed by atoms with Crippen LogP contribution in [0.5, 0.6) is 0 Å². The molecule has 2 aliphatic heterocycles. The van der Waals surface area contributed by atoms with Gasteiger partial charge in [0.2, 0.25) is 0 Å². The number of nitrogens with one attached hydrogen (secondary N) is 3. The van der Waals surface area contributed by atoms with Crippen molar-refractivity contribution >= 4 is 17.3 Å². The van der Waals surface area contributed by atoms with Gasteiger partial charge in [-0.3, -0.25) is 14.5 Å². The van der Waals surface area contributed by atoms with Crippen molar-refractivity contribution in [3.63, 3.8) is 0 Å². The van der Waals surface area contributed by atoms with E-state index in [0.29, 0.717) is 29.7 Å². The summed E-state index contributed by atoms with van der Waals surface area (Å²) in [6.45, 7) is 2.51. The summed E-state index contributed by atoms with van der Waals surface area (Å²) in [5.74, 6) is 0.146. The van der Waals surface area contributed by atoms with E-state index in [-0.39, 0.29) is 11.6 Å². The Kier molecular flexibility index (Phi) is 4.30. The van der Waals surface area contributed by atoms with Gasteiger partial charge in [0, 0.05) is 24.7 Å². The summed E-state index contributed by atoms with van der Waals surface area (Å²) in [6, 6.07) is 1.96. The minimum absolute atomic E-state index is 0.210. The lowest BCUT2D eigenvalue weighted by atomic mass is 10.1. The van der Waals surface area contributed by atoms with Gasteiger partial charge < -0.3 is 20.5 Å². The first-order chi connectivity index (χ1) is 12.3. The lowest BCUT2D eigenvalue weighted by molar-refractivity contribution is 0.101. The largest absolute Gasteiger partial charge is 0.384 e.